The molecule has 1 unspecified atom stereocenters. The van der Waals surface area contributed by atoms with E-state index in [9.17, 15) is 10.2 Å². The van der Waals surface area contributed by atoms with Crippen molar-refractivity contribution in [3.8, 4) is 11.5 Å². The van der Waals surface area contributed by atoms with Crippen LogP contribution in [0, 0.1) is 11.3 Å². The summed E-state index contributed by atoms with van der Waals surface area (Å²) in [6.45, 7) is 11.0. The van der Waals surface area contributed by atoms with Crippen LogP contribution in [0.1, 0.15) is 52.1 Å². The first kappa shape index (κ1) is 15.2. The highest BCUT2D eigenvalue weighted by molar-refractivity contribution is 5.45. The molecule has 1 aliphatic rings. The fourth-order valence-electron chi connectivity index (χ4n) is 3.30. The van der Waals surface area contributed by atoms with Gasteiger partial charge in [0.25, 0.3) is 0 Å². The summed E-state index contributed by atoms with van der Waals surface area (Å²) >= 11 is 0. The number of likely N-dealkylation sites (tertiary alicyclic amines) is 1. The van der Waals surface area contributed by atoms with Gasteiger partial charge in [0.05, 0.1) is 5.56 Å². The minimum atomic E-state index is 0.0529. The molecule has 3 heteroatoms. The van der Waals surface area contributed by atoms with E-state index < -0.39 is 0 Å². The molecule has 0 bridgehead atoms. The predicted molar refractivity (Wildman–Crippen MR) is 81.9 cm³/mol. The van der Waals surface area contributed by atoms with E-state index in [4.69, 9.17) is 0 Å². The number of piperidine rings is 1. The number of hydrogen-bond acceptors (Lipinski definition) is 3. The standard InChI is InChI=1S/C17H27NO2/c1-12(16-14(19)6-5-7-15(16)20)18-10-8-13(9-11-18)17(2,3)4/h5-7,12-13,19-20H,8-11H2,1-4H3. The maximum absolute atomic E-state index is 9.99. The Hall–Kier alpha value is -1.22. The lowest BCUT2D eigenvalue weighted by Gasteiger charge is -2.41. The summed E-state index contributed by atoms with van der Waals surface area (Å²) in [5.41, 5.74) is 1.02. The Kier molecular flexibility index (Phi) is 4.28. The number of aromatic hydroxyl groups is 2. The molecular formula is C17H27NO2. The molecule has 0 radical (unpaired) electrons. The number of nitrogens with zero attached hydrogens (tertiary/aromatic N) is 1. The van der Waals surface area contributed by atoms with Crippen molar-refractivity contribution in [3.63, 3.8) is 0 Å². The van der Waals surface area contributed by atoms with Gasteiger partial charge in [0.15, 0.2) is 0 Å². The lowest BCUT2D eigenvalue weighted by molar-refractivity contribution is 0.0861. The molecule has 20 heavy (non-hydrogen) atoms. The van der Waals surface area contributed by atoms with Crippen molar-refractivity contribution < 1.29 is 10.2 Å². The number of phenols is 2. The first-order chi connectivity index (χ1) is 9.30. The Morgan fingerprint density at radius 1 is 1.10 bits per heavy atom. The monoisotopic (exact) mass is 277 g/mol. The van der Waals surface area contributed by atoms with Gasteiger partial charge in [-0.1, -0.05) is 26.8 Å². The van der Waals surface area contributed by atoms with Crippen molar-refractivity contribution in [2.24, 2.45) is 11.3 Å². The first-order valence-corrected chi connectivity index (χ1v) is 7.55. The van der Waals surface area contributed by atoms with Crippen LogP contribution in [0.3, 0.4) is 0 Å². The van der Waals surface area contributed by atoms with Gasteiger partial charge in [0.1, 0.15) is 11.5 Å². The number of benzene rings is 1. The van der Waals surface area contributed by atoms with Crippen molar-refractivity contribution in [3.05, 3.63) is 23.8 Å². The van der Waals surface area contributed by atoms with Crippen molar-refractivity contribution in [1.82, 2.24) is 4.90 Å². The van der Waals surface area contributed by atoms with E-state index in [1.807, 2.05) is 0 Å². The maximum atomic E-state index is 9.99. The van der Waals surface area contributed by atoms with Gasteiger partial charge >= 0.3 is 0 Å². The second-order valence-corrected chi connectivity index (χ2v) is 7.06. The second kappa shape index (κ2) is 5.65. The molecule has 0 spiro atoms. The van der Waals surface area contributed by atoms with E-state index in [1.54, 1.807) is 18.2 Å². The average molecular weight is 277 g/mol. The van der Waals surface area contributed by atoms with E-state index in [0.29, 0.717) is 11.0 Å². The van der Waals surface area contributed by atoms with Crippen LogP contribution < -0.4 is 0 Å². The van der Waals surface area contributed by atoms with E-state index in [-0.39, 0.29) is 17.5 Å². The molecule has 0 aromatic heterocycles. The van der Waals surface area contributed by atoms with Gasteiger partial charge in [-0.25, -0.2) is 0 Å². The molecule has 1 aromatic carbocycles. The summed E-state index contributed by atoms with van der Waals surface area (Å²) in [6, 6.07) is 5.02. The van der Waals surface area contributed by atoms with Crippen LogP contribution in [0.4, 0.5) is 0 Å². The first-order valence-electron chi connectivity index (χ1n) is 7.55. The van der Waals surface area contributed by atoms with Gasteiger partial charge in [0, 0.05) is 6.04 Å². The highest BCUT2D eigenvalue weighted by Gasteiger charge is 2.31. The highest BCUT2D eigenvalue weighted by Crippen LogP contribution is 2.40. The molecule has 1 aromatic rings. The average Bonchev–Trinajstić information content (AvgIpc) is 2.37. The van der Waals surface area contributed by atoms with Crippen LogP contribution >= 0.6 is 0 Å². The third kappa shape index (κ3) is 3.09. The summed E-state index contributed by atoms with van der Waals surface area (Å²) in [7, 11) is 0. The van der Waals surface area contributed by atoms with E-state index in [2.05, 4.69) is 32.6 Å². The number of hydrogen-bond donors (Lipinski definition) is 2. The Bertz CT molecular complexity index is 436. The molecule has 1 saturated heterocycles. The summed E-state index contributed by atoms with van der Waals surface area (Å²) in [4.78, 5) is 2.36. The quantitative estimate of drug-likeness (QED) is 0.861. The van der Waals surface area contributed by atoms with Gasteiger partial charge in [-0.2, -0.15) is 0 Å². The van der Waals surface area contributed by atoms with Crippen LogP contribution in [0.2, 0.25) is 0 Å². The Balaban J connectivity index is 2.07. The lowest BCUT2D eigenvalue weighted by Crippen LogP contribution is -2.39. The third-order valence-electron chi connectivity index (χ3n) is 4.78. The summed E-state index contributed by atoms with van der Waals surface area (Å²) in [5, 5.41) is 20.0. The van der Waals surface area contributed by atoms with Crippen LogP contribution in [0.5, 0.6) is 11.5 Å². The molecular weight excluding hydrogens is 250 g/mol. The zero-order valence-electron chi connectivity index (χ0n) is 13.1. The van der Waals surface area contributed by atoms with Crippen molar-refractivity contribution >= 4 is 0 Å². The Morgan fingerprint density at radius 2 is 1.60 bits per heavy atom. The fourth-order valence-corrected chi connectivity index (χ4v) is 3.30. The van der Waals surface area contributed by atoms with Gasteiger partial charge in [0.2, 0.25) is 0 Å². The second-order valence-electron chi connectivity index (χ2n) is 7.06. The molecule has 1 heterocycles. The smallest absolute Gasteiger partial charge is 0.124 e. The van der Waals surface area contributed by atoms with E-state index in [1.165, 1.54) is 12.8 Å². The van der Waals surface area contributed by atoms with Crippen molar-refractivity contribution in [1.29, 1.82) is 0 Å². The zero-order chi connectivity index (χ0) is 14.9. The lowest BCUT2D eigenvalue weighted by atomic mass is 9.75. The molecule has 1 atom stereocenters. The fraction of sp³-hybridized carbons (Fsp3) is 0.647. The minimum Gasteiger partial charge on any atom is -0.507 e. The van der Waals surface area contributed by atoms with Crippen LogP contribution in [0.25, 0.3) is 0 Å². The van der Waals surface area contributed by atoms with Gasteiger partial charge in [-0.15, -0.1) is 0 Å². The molecule has 1 fully saturated rings. The largest absolute Gasteiger partial charge is 0.507 e. The minimum absolute atomic E-state index is 0.0529. The molecule has 3 nitrogen and oxygen atoms in total. The maximum Gasteiger partial charge on any atom is 0.124 e. The molecule has 1 aliphatic heterocycles. The molecule has 0 aliphatic carbocycles. The van der Waals surface area contributed by atoms with Crippen molar-refractivity contribution in [2.75, 3.05) is 13.1 Å². The highest BCUT2D eigenvalue weighted by atomic mass is 16.3. The summed E-state index contributed by atoms with van der Waals surface area (Å²) < 4.78 is 0. The molecule has 2 N–H and O–H groups in total. The van der Waals surface area contributed by atoms with Crippen LogP contribution in [-0.2, 0) is 0 Å². The van der Waals surface area contributed by atoms with Crippen LogP contribution in [0.15, 0.2) is 18.2 Å². The number of rotatable bonds is 2. The number of phenolic OH excluding ortho intramolecular Hbond substituents is 2. The normalized spacial score (nSPS) is 20.0. The third-order valence-corrected chi connectivity index (χ3v) is 4.78. The molecule has 0 amide bonds. The molecule has 0 saturated carbocycles. The Labute approximate surface area is 122 Å². The topological polar surface area (TPSA) is 43.7 Å². The van der Waals surface area contributed by atoms with Crippen molar-refractivity contribution in [2.45, 2.75) is 46.6 Å². The Morgan fingerprint density at radius 3 is 2.05 bits per heavy atom. The zero-order valence-corrected chi connectivity index (χ0v) is 13.1. The van der Waals surface area contributed by atoms with Gasteiger partial charge < -0.3 is 10.2 Å². The summed E-state index contributed by atoms with van der Waals surface area (Å²) in [6.07, 6.45) is 2.37. The van der Waals surface area contributed by atoms with Gasteiger partial charge in [-0.05, 0) is 56.3 Å². The summed E-state index contributed by atoms with van der Waals surface area (Å²) in [5.74, 6) is 1.13. The molecule has 2 rings (SSSR count). The van der Waals surface area contributed by atoms with Crippen LogP contribution in [-0.4, -0.2) is 28.2 Å². The predicted octanol–water partition coefficient (Wildman–Crippen LogP) is 3.92. The van der Waals surface area contributed by atoms with E-state index >= 15 is 0 Å². The van der Waals surface area contributed by atoms with E-state index in [0.717, 1.165) is 19.0 Å². The molecule has 112 valence electrons. The SMILES string of the molecule is CC(c1c(O)cccc1O)N1CCC(C(C)(C)C)CC1. The van der Waals surface area contributed by atoms with Gasteiger partial charge in [-0.3, -0.25) is 4.90 Å².